The SMILES string of the molecule is N#Cc1cccc(CNS(=O)(=O)c2cccc3c(N)cccc23)c1. The number of nitrogens with zero attached hydrogens (tertiary/aromatic N) is 1. The van der Waals surface area contributed by atoms with E-state index in [9.17, 15) is 8.42 Å². The Labute approximate surface area is 140 Å². The number of nitrogens with one attached hydrogen (secondary N) is 1. The lowest BCUT2D eigenvalue weighted by Gasteiger charge is -2.11. The van der Waals surface area contributed by atoms with E-state index in [-0.39, 0.29) is 11.4 Å². The summed E-state index contributed by atoms with van der Waals surface area (Å²) in [6.45, 7) is 0.108. The lowest BCUT2D eigenvalue weighted by atomic mass is 10.1. The van der Waals surface area contributed by atoms with Gasteiger partial charge in [-0.25, -0.2) is 13.1 Å². The lowest BCUT2D eigenvalue weighted by Crippen LogP contribution is -2.23. The lowest BCUT2D eigenvalue weighted by molar-refractivity contribution is 0.582. The van der Waals surface area contributed by atoms with Crippen molar-refractivity contribution in [1.29, 1.82) is 5.26 Å². The summed E-state index contributed by atoms with van der Waals surface area (Å²) in [6, 6.07) is 19.1. The minimum Gasteiger partial charge on any atom is -0.398 e. The fraction of sp³-hybridized carbons (Fsp3) is 0.0556. The molecule has 0 aliphatic rings. The number of hydrogen-bond acceptors (Lipinski definition) is 4. The third kappa shape index (κ3) is 3.08. The first-order chi connectivity index (χ1) is 11.5. The highest BCUT2D eigenvalue weighted by Gasteiger charge is 2.17. The van der Waals surface area contributed by atoms with E-state index in [0.29, 0.717) is 22.0 Å². The van der Waals surface area contributed by atoms with Crippen LogP contribution in [0.3, 0.4) is 0 Å². The number of anilines is 1. The van der Waals surface area contributed by atoms with Crippen molar-refractivity contribution in [2.45, 2.75) is 11.4 Å². The third-order valence-electron chi connectivity index (χ3n) is 3.73. The van der Waals surface area contributed by atoms with Crippen LogP contribution in [-0.4, -0.2) is 8.42 Å². The minimum atomic E-state index is -3.71. The Hall–Kier alpha value is -2.88. The predicted molar refractivity (Wildman–Crippen MR) is 93.5 cm³/mol. The molecule has 0 fully saturated rings. The molecule has 3 aromatic rings. The second-order valence-corrected chi connectivity index (χ2v) is 7.07. The smallest absolute Gasteiger partial charge is 0.241 e. The van der Waals surface area contributed by atoms with Crippen LogP contribution in [0.1, 0.15) is 11.1 Å². The molecule has 0 unspecified atom stereocenters. The Morgan fingerprint density at radius 1 is 1.00 bits per heavy atom. The molecular formula is C18H15N3O2S. The summed E-state index contributed by atoms with van der Waals surface area (Å²) in [7, 11) is -3.71. The van der Waals surface area contributed by atoms with E-state index >= 15 is 0 Å². The number of benzene rings is 3. The number of fused-ring (bicyclic) bond motifs is 1. The molecule has 0 heterocycles. The molecule has 0 saturated heterocycles. The van der Waals surface area contributed by atoms with Crippen LogP contribution in [-0.2, 0) is 16.6 Å². The molecule has 5 nitrogen and oxygen atoms in total. The van der Waals surface area contributed by atoms with Crippen LogP contribution < -0.4 is 10.5 Å². The normalized spacial score (nSPS) is 11.3. The van der Waals surface area contributed by atoms with E-state index in [2.05, 4.69) is 4.72 Å². The van der Waals surface area contributed by atoms with E-state index in [0.717, 1.165) is 5.56 Å². The van der Waals surface area contributed by atoms with Crippen molar-refractivity contribution in [3.8, 4) is 6.07 Å². The molecule has 0 spiro atoms. The van der Waals surface area contributed by atoms with Gasteiger partial charge in [-0.05, 0) is 29.8 Å². The zero-order chi connectivity index (χ0) is 17.2. The zero-order valence-electron chi connectivity index (χ0n) is 12.7. The van der Waals surface area contributed by atoms with Gasteiger partial charge in [-0.2, -0.15) is 5.26 Å². The Kier molecular flexibility index (Phi) is 4.21. The molecule has 0 amide bonds. The van der Waals surface area contributed by atoms with Crippen LogP contribution in [0.2, 0.25) is 0 Å². The van der Waals surface area contributed by atoms with Gasteiger partial charge in [-0.3, -0.25) is 0 Å². The summed E-state index contributed by atoms with van der Waals surface area (Å²) in [6.07, 6.45) is 0. The Morgan fingerprint density at radius 3 is 2.50 bits per heavy atom. The Bertz CT molecular complexity index is 1050. The van der Waals surface area contributed by atoms with Gasteiger partial charge in [0.25, 0.3) is 0 Å². The first kappa shape index (κ1) is 16.0. The van der Waals surface area contributed by atoms with Crippen molar-refractivity contribution in [3.63, 3.8) is 0 Å². The highest BCUT2D eigenvalue weighted by molar-refractivity contribution is 7.89. The van der Waals surface area contributed by atoms with Crippen molar-refractivity contribution in [3.05, 3.63) is 71.8 Å². The molecule has 3 N–H and O–H groups in total. The molecule has 0 aliphatic carbocycles. The van der Waals surface area contributed by atoms with Gasteiger partial charge in [0, 0.05) is 23.0 Å². The fourth-order valence-electron chi connectivity index (χ4n) is 2.55. The van der Waals surface area contributed by atoms with Crippen molar-refractivity contribution in [2.24, 2.45) is 0 Å². The zero-order valence-corrected chi connectivity index (χ0v) is 13.5. The molecule has 0 aliphatic heterocycles. The van der Waals surface area contributed by atoms with Gasteiger partial charge in [0.05, 0.1) is 16.5 Å². The van der Waals surface area contributed by atoms with Crippen LogP contribution in [0.4, 0.5) is 5.69 Å². The molecule has 0 aromatic heterocycles. The summed E-state index contributed by atoms with van der Waals surface area (Å²) in [5.74, 6) is 0. The van der Waals surface area contributed by atoms with E-state index in [1.165, 1.54) is 0 Å². The molecule has 0 atom stereocenters. The number of hydrogen-bond donors (Lipinski definition) is 2. The van der Waals surface area contributed by atoms with Crippen molar-refractivity contribution in [1.82, 2.24) is 4.72 Å². The summed E-state index contributed by atoms with van der Waals surface area (Å²) in [5.41, 5.74) is 7.66. The van der Waals surface area contributed by atoms with Crippen molar-refractivity contribution >= 4 is 26.5 Å². The first-order valence-electron chi connectivity index (χ1n) is 7.27. The van der Waals surface area contributed by atoms with Crippen LogP contribution >= 0.6 is 0 Å². The van der Waals surface area contributed by atoms with E-state index < -0.39 is 10.0 Å². The molecule has 0 saturated carbocycles. The van der Waals surface area contributed by atoms with Crippen molar-refractivity contribution < 1.29 is 8.42 Å². The number of nitriles is 1. The van der Waals surface area contributed by atoms with E-state index in [1.54, 1.807) is 60.7 Å². The summed E-state index contributed by atoms with van der Waals surface area (Å²) >= 11 is 0. The molecule has 0 radical (unpaired) electrons. The number of nitrogens with two attached hydrogens (primary N) is 1. The number of rotatable bonds is 4. The number of sulfonamides is 1. The average molecular weight is 337 g/mol. The minimum absolute atomic E-state index is 0.108. The monoisotopic (exact) mass is 337 g/mol. The van der Waals surface area contributed by atoms with Gasteiger partial charge in [-0.1, -0.05) is 36.4 Å². The van der Waals surface area contributed by atoms with Gasteiger partial charge < -0.3 is 5.73 Å². The molecule has 3 rings (SSSR count). The van der Waals surface area contributed by atoms with Gasteiger partial charge in [0.15, 0.2) is 0 Å². The Balaban J connectivity index is 1.94. The molecule has 24 heavy (non-hydrogen) atoms. The van der Waals surface area contributed by atoms with Crippen molar-refractivity contribution in [2.75, 3.05) is 5.73 Å². The molecule has 3 aromatic carbocycles. The average Bonchev–Trinajstić information content (AvgIpc) is 2.60. The van der Waals surface area contributed by atoms with Crippen LogP contribution in [0, 0.1) is 11.3 Å². The molecule has 0 bridgehead atoms. The van der Waals surface area contributed by atoms with Crippen LogP contribution in [0.5, 0.6) is 0 Å². The fourth-order valence-corrected chi connectivity index (χ4v) is 3.78. The maximum atomic E-state index is 12.7. The second-order valence-electron chi connectivity index (χ2n) is 5.34. The highest BCUT2D eigenvalue weighted by Crippen LogP contribution is 2.27. The van der Waals surface area contributed by atoms with Crippen LogP contribution in [0.15, 0.2) is 65.6 Å². The van der Waals surface area contributed by atoms with E-state index in [4.69, 9.17) is 11.0 Å². The van der Waals surface area contributed by atoms with Gasteiger partial charge in [0.2, 0.25) is 10.0 Å². The van der Waals surface area contributed by atoms with Gasteiger partial charge in [-0.15, -0.1) is 0 Å². The van der Waals surface area contributed by atoms with E-state index in [1.807, 2.05) is 6.07 Å². The standard InChI is InChI=1S/C18H15N3O2S/c19-11-13-4-1-5-14(10-13)12-21-24(22,23)18-9-3-6-15-16(18)7-2-8-17(15)20/h1-10,21H,12,20H2. The summed E-state index contributed by atoms with van der Waals surface area (Å²) in [4.78, 5) is 0.184. The molecular weight excluding hydrogens is 322 g/mol. The molecule has 6 heteroatoms. The second kappa shape index (κ2) is 6.32. The maximum absolute atomic E-state index is 12.7. The molecule has 120 valence electrons. The van der Waals surface area contributed by atoms with Gasteiger partial charge in [0.1, 0.15) is 0 Å². The quantitative estimate of drug-likeness (QED) is 0.716. The summed E-state index contributed by atoms with van der Waals surface area (Å²) in [5, 5.41) is 10.2. The maximum Gasteiger partial charge on any atom is 0.241 e. The largest absolute Gasteiger partial charge is 0.398 e. The van der Waals surface area contributed by atoms with Gasteiger partial charge >= 0.3 is 0 Å². The summed E-state index contributed by atoms with van der Waals surface area (Å²) < 4.78 is 27.9. The Morgan fingerprint density at radius 2 is 1.71 bits per heavy atom. The highest BCUT2D eigenvalue weighted by atomic mass is 32.2. The third-order valence-corrected chi connectivity index (χ3v) is 5.19. The predicted octanol–water partition coefficient (Wildman–Crippen LogP) is 2.77. The van der Waals surface area contributed by atoms with Crippen LogP contribution in [0.25, 0.3) is 10.8 Å². The number of nitrogen functional groups attached to an aromatic ring is 1. The topological polar surface area (TPSA) is 96.0 Å². The first-order valence-corrected chi connectivity index (χ1v) is 8.75.